The van der Waals surface area contributed by atoms with Crippen LogP contribution in [0.2, 0.25) is 0 Å². The highest BCUT2D eigenvalue weighted by atomic mass is 32.2. The van der Waals surface area contributed by atoms with Crippen LogP contribution in [-0.4, -0.2) is 34.3 Å². The number of aliphatic imine (C=N–C) groups is 1. The lowest BCUT2D eigenvalue weighted by Gasteiger charge is -2.07. The maximum atomic E-state index is 12.3. The summed E-state index contributed by atoms with van der Waals surface area (Å²) in [6, 6.07) is 9.72. The van der Waals surface area contributed by atoms with Gasteiger partial charge < -0.3 is 19.9 Å². The molecular formula is C20H19N3O6S. The average Bonchev–Trinajstić information content (AvgIpc) is 3.04. The number of aromatic hydroxyl groups is 1. The number of amides is 1. The second-order valence-corrected chi connectivity index (χ2v) is 7.02. The van der Waals surface area contributed by atoms with Gasteiger partial charge in [0, 0.05) is 6.07 Å². The molecule has 1 amide bonds. The zero-order valence-corrected chi connectivity index (χ0v) is 17.1. The Balaban J connectivity index is 1.86. The van der Waals surface area contributed by atoms with Gasteiger partial charge in [0.1, 0.15) is 5.75 Å². The molecule has 1 fully saturated rings. The fourth-order valence-corrected chi connectivity index (χ4v) is 3.48. The van der Waals surface area contributed by atoms with Crippen molar-refractivity contribution in [1.29, 1.82) is 0 Å². The van der Waals surface area contributed by atoms with Gasteiger partial charge in [0.15, 0.2) is 10.9 Å². The number of nitrogens with zero attached hydrogens (tertiary/aromatic N) is 2. The van der Waals surface area contributed by atoms with E-state index < -0.39 is 16.4 Å². The van der Waals surface area contributed by atoms with E-state index in [4.69, 9.17) is 9.47 Å². The van der Waals surface area contributed by atoms with E-state index in [9.17, 15) is 20.0 Å². The summed E-state index contributed by atoms with van der Waals surface area (Å²) in [5.74, 6) is -0.224. The highest BCUT2D eigenvalue weighted by Crippen LogP contribution is 2.38. The molecule has 0 atom stereocenters. The first-order valence-corrected chi connectivity index (χ1v) is 9.89. The normalized spacial score (nSPS) is 16.0. The van der Waals surface area contributed by atoms with Gasteiger partial charge in [0.2, 0.25) is 5.75 Å². The summed E-state index contributed by atoms with van der Waals surface area (Å²) in [4.78, 5) is 27.5. The van der Waals surface area contributed by atoms with Crippen LogP contribution in [0, 0.1) is 10.1 Å². The van der Waals surface area contributed by atoms with Crippen molar-refractivity contribution in [2.45, 2.75) is 13.8 Å². The summed E-state index contributed by atoms with van der Waals surface area (Å²) < 4.78 is 10.6. The molecule has 2 aromatic carbocycles. The number of nitro benzene ring substituents is 1. The van der Waals surface area contributed by atoms with Crippen LogP contribution in [-0.2, 0) is 4.79 Å². The molecular weight excluding hydrogens is 410 g/mol. The van der Waals surface area contributed by atoms with Crippen molar-refractivity contribution in [1.82, 2.24) is 5.32 Å². The molecule has 3 rings (SSSR count). The zero-order chi connectivity index (χ0) is 21.7. The molecule has 0 unspecified atom stereocenters. The Kier molecular flexibility index (Phi) is 6.58. The number of nitro groups is 1. The summed E-state index contributed by atoms with van der Waals surface area (Å²) >= 11 is 1.11. The van der Waals surface area contributed by atoms with E-state index in [-0.39, 0.29) is 18.3 Å². The molecule has 1 saturated heterocycles. The van der Waals surface area contributed by atoms with E-state index in [2.05, 4.69) is 10.3 Å². The van der Waals surface area contributed by atoms with Crippen LogP contribution in [0.1, 0.15) is 19.4 Å². The predicted molar refractivity (Wildman–Crippen MR) is 114 cm³/mol. The SMILES string of the molecule is CCOc1ccc(N=C2NC(=O)/C(=C\c3cc(OCC)c(O)c([N+](=O)[O-])c3)S2)cc1. The Labute approximate surface area is 176 Å². The molecule has 0 aromatic heterocycles. The first-order chi connectivity index (χ1) is 14.4. The van der Waals surface area contributed by atoms with E-state index in [1.54, 1.807) is 31.2 Å². The molecule has 0 saturated carbocycles. The minimum Gasteiger partial charge on any atom is -0.500 e. The lowest BCUT2D eigenvalue weighted by atomic mass is 10.1. The molecule has 0 bridgehead atoms. The monoisotopic (exact) mass is 429 g/mol. The number of carbonyl (C=O) groups is 1. The number of hydrogen-bond acceptors (Lipinski definition) is 8. The van der Waals surface area contributed by atoms with Gasteiger partial charge in [-0.15, -0.1) is 0 Å². The van der Waals surface area contributed by atoms with Crippen molar-refractivity contribution in [2.75, 3.05) is 13.2 Å². The van der Waals surface area contributed by atoms with Gasteiger partial charge in [-0.05, 0) is 67.6 Å². The number of carbonyl (C=O) groups excluding carboxylic acids is 1. The minimum atomic E-state index is -0.708. The number of nitrogens with one attached hydrogen (secondary N) is 1. The quantitative estimate of drug-likeness (QED) is 0.387. The highest BCUT2D eigenvalue weighted by molar-refractivity contribution is 8.18. The van der Waals surface area contributed by atoms with Crippen molar-refractivity contribution in [3.8, 4) is 17.2 Å². The molecule has 30 heavy (non-hydrogen) atoms. The van der Waals surface area contributed by atoms with Crippen molar-refractivity contribution < 1.29 is 24.3 Å². The summed E-state index contributed by atoms with van der Waals surface area (Å²) in [5, 5.41) is 24.2. The second kappa shape index (κ2) is 9.31. The molecule has 0 aliphatic carbocycles. The number of rotatable bonds is 7. The molecule has 2 N–H and O–H groups in total. The van der Waals surface area contributed by atoms with Gasteiger partial charge in [-0.1, -0.05) is 0 Å². The minimum absolute atomic E-state index is 0.0229. The third-order valence-electron chi connectivity index (χ3n) is 3.90. The van der Waals surface area contributed by atoms with E-state index in [1.807, 2.05) is 6.92 Å². The average molecular weight is 429 g/mol. The molecule has 1 aliphatic heterocycles. The summed E-state index contributed by atoms with van der Waals surface area (Å²) in [7, 11) is 0. The van der Waals surface area contributed by atoms with Crippen molar-refractivity contribution in [2.24, 2.45) is 4.99 Å². The second-order valence-electron chi connectivity index (χ2n) is 5.99. The third-order valence-corrected chi connectivity index (χ3v) is 4.81. The predicted octanol–water partition coefficient (Wildman–Crippen LogP) is 3.99. The van der Waals surface area contributed by atoms with E-state index >= 15 is 0 Å². The van der Waals surface area contributed by atoms with Crippen LogP contribution in [0.4, 0.5) is 11.4 Å². The number of benzene rings is 2. The molecule has 0 spiro atoms. The maximum absolute atomic E-state index is 12.3. The van der Waals surface area contributed by atoms with Gasteiger partial charge in [-0.25, -0.2) is 4.99 Å². The first-order valence-electron chi connectivity index (χ1n) is 9.08. The molecule has 1 aliphatic rings. The summed E-state index contributed by atoms with van der Waals surface area (Å²) in [6.45, 7) is 4.38. The van der Waals surface area contributed by atoms with E-state index in [0.29, 0.717) is 27.9 Å². The lowest BCUT2D eigenvalue weighted by molar-refractivity contribution is -0.386. The number of phenols is 1. The van der Waals surface area contributed by atoms with Crippen LogP contribution in [0.25, 0.3) is 6.08 Å². The molecule has 10 heteroatoms. The Hall–Kier alpha value is -3.53. The number of phenolic OH excluding ortho intramolecular Hbond substituents is 1. The Bertz CT molecular complexity index is 1030. The molecule has 9 nitrogen and oxygen atoms in total. The van der Waals surface area contributed by atoms with Crippen molar-refractivity contribution in [3.63, 3.8) is 0 Å². The van der Waals surface area contributed by atoms with Gasteiger partial charge in [-0.3, -0.25) is 14.9 Å². The standard InChI is InChI=1S/C20H19N3O6S/c1-3-28-14-7-5-13(6-8-14)21-20-22-19(25)17(30-20)11-12-9-15(23(26)27)18(24)16(10-12)29-4-2/h5-11,24H,3-4H2,1-2H3,(H,21,22,25)/b17-11+. The highest BCUT2D eigenvalue weighted by Gasteiger charge is 2.25. The van der Waals surface area contributed by atoms with Gasteiger partial charge >= 0.3 is 5.69 Å². The maximum Gasteiger partial charge on any atom is 0.315 e. The van der Waals surface area contributed by atoms with Gasteiger partial charge in [0.05, 0.1) is 28.7 Å². The van der Waals surface area contributed by atoms with Crippen molar-refractivity contribution in [3.05, 3.63) is 57.0 Å². The van der Waals surface area contributed by atoms with Gasteiger partial charge in [-0.2, -0.15) is 0 Å². The number of thioether (sulfide) groups is 1. The topological polar surface area (TPSA) is 123 Å². The lowest BCUT2D eigenvalue weighted by Crippen LogP contribution is -2.19. The Morgan fingerprint density at radius 1 is 1.20 bits per heavy atom. The first kappa shape index (κ1) is 21.2. The van der Waals surface area contributed by atoms with Crippen LogP contribution in [0.15, 0.2) is 46.3 Å². The van der Waals surface area contributed by atoms with E-state index in [0.717, 1.165) is 17.5 Å². The largest absolute Gasteiger partial charge is 0.500 e. The van der Waals surface area contributed by atoms with Crippen molar-refractivity contribution >= 4 is 40.3 Å². The van der Waals surface area contributed by atoms with Crippen LogP contribution < -0.4 is 14.8 Å². The number of hydrogen-bond donors (Lipinski definition) is 2. The Morgan fingerprint density at radius 2 is 1.90 bits per heavy atom. The van der Waals surface area contributed by atoms with Crippen LogP contribution in [0.5, 0.6) is 17.2 Å². The molecule has 2 aromatic rings. The van der Waals surface area contributed by atoms with E-state index in [1.165, 1.54) is 18.2 Å². The smallest absolute Gasteiger partial charge is 0.315 e. The molecule has 0 radical (unpaired) electrons. The Morgan fingerprint density at radius 3 is 2.53 bits per heavy atom. The molecule has 156 valence electrons. The fourth-order valence-electron chi connectivity index (χ4n) is 2.63. The van der Waals surface area contributed by atoms with Gasteiger partial charge in [0.25, 0.3) is 5.91 Å². The number of ether oxygens (including phenoxy) is 2. The fraction of sp³-hybridized carbons (Fsp3) is 0.200. The summed E-state index contributed by atoms with van der Waals surface area (Å²) in [5.41, 5.74) is 0.490. The number of amidine groups is 1. The molecule has 1 heterocycles. The van der Waals surface area contributed by atoms with Crippen LogP contribution in [0.3, 0.4) is 0 Å². The third kappa shape index (κ3) is 4.90. The van der Waals surface area contributed by atoms with Crippen LogP contribution >= 0.6 is 11.8 Å². The summed E-state index contributed by atoms with van der Waals surface area (Å²) in [6.07, 6.45) is 1.48. The zero-order valence-electron chi connectivity index (χ0n) is 16.2.